The predicted molar refractivity (Wildman–Crippen MR) is 60.2 cm³/mol. The highest BCUT2D eigenvalue weighted by Gasteiger charge is 2.38. The first-order valence-corrected chi connectivity index (χ1v) is 6.27. The minimum atomic E-state index is -4.42. The molecule has 1 unspecified atom stereocenters. The second-order valence-corrected chi connectivity index (χ2v) is 4.65. The number of rotatable bonds is 3. The summed E-state index contributed by atoms with van der Waals surface area (Å²) in [6.07, 6.45) is -1.66. The van der Waals surface area contributed by atoms with E-state index in [0.29, 0.717) is 12.3 Å². The second kappa shape index (κ2) is 5.30. The lowest BCUT2D eigenvalue weighted by atomic mass is 9.96. The number of oxazole rings is 1. The lowest BCUT2D eigenvalue weighted by Gasteiger charge is -2.21. The van der Waals surface area contributed by atoms with Crippen LogP contribution in [0.2, 0.25) is 0 Å². The molecule has 6 heteroatoms. The highest BCUT2D eigenvalue weighted by atomic mass is 19.4. The lowest BCUT2D eigenvalue weighted by molar-refractivity contribution is -0.141. The summed E-state index contributed by atoms with van der Waals surface area (Å²) in [5.74, 6) is 0.484. The van der Waals surface area contributed by atoms with Crippen molar-refractivity contribution in [1.82, 2.24) is 10.3 Å². The maximum absolute atomic E-state index is 12.7. The van der Waals surface area contributed by atoms with Gasteiger partial charge in [-0.3, -0.25) is 0 Å². The van der Waals surface area contributed by atoms with Crippen LogP contribution in [0.4, 0.5) is 13.2 Å². The maximum Gasteiger partial charge on any atom is 0.436 e. The largest absolute Gasteiger partial charge is 0.445 e. The molecule has 1 aliphatic rings. The van der Waals surface area contributed by atoms with Gasteiger partial charge in [0.05, 0.1) is 0 Å². The number of nitrogens with one attached hydrogen (secondary N) is 1. The van der Waals surface area contributed by atoms with Crippen molar-refractivity contribution < 1.29 is 17.6 Å². The van der Waals surface area contributed by atoms with E-state index in [-0.39, 0.29) is 18.1 Å². The van der Waals surface area contributed by atoms with E-state index in [1.165, 1.54) is 0 Å². The van der Waals surface area contributed by atoms with Crippen molar-refractivity contribution in [3.8, 4) is 0 Å². The van der Waals surface area contributed by atoms with Gasteiger partial charge in [-0.1, -0.05) is 6.92 Å². The van der Waals surface area contributed by atoms with E-state index >= 15 is 0 Å². The van der Waals surface area contributed by atoms with Gasteiger partial charge in [0.2, 0.25) is 0 Å². The van der Waals surface area contributed by atoms with E-state index < -0.39 is 11.9 Å². The monoisotopic (exact) mass is 262 g/mol. The van der Waals surface area contributed by atoms with Gasteiger partial charge in [-0.05, 0) is 31.8 Å². The molecule has 1 atom stereocenters. The van der Waals surface area contributed by atoms with E-state index in [1.54, 1.807) is 6.92 Å². The van der Waals surface area contributed by atoms with Crippen LogP contribution in [-0.2, 0) is 19.0 Å². The Bertz CT molecular complexity index is 395. The molecule has 2 heterocycles. The Morgan fingerprint density at radius 3 is 2.72 bits per heavy atom. The Kier molecular flexibility index (Phi) is 3.94. The van der Waals surface area contributed by atoms with E-state index in [0.717, 1.165) is 25.9 Å². The fraction of sp³-hybridized carbons (Fsp3) is 0.750. The summed E-state index contributed by atoms with van der Waals surface area (Å²) in [6, 6.07) is 0. The van der Waals surface area contributed by atoms with Gasteiger partial charge in [-0.2, -0.15) is 13.2 Å². The molecule has 1 N–H and O–H groups in total. The molecule has 0 spiro atoms. The molecule has 0 aromatic carbocycles. The third kappa shape index (κ3) is 3.04. The molecule has 2 rings (SSSR count). The highest BCUT2D eigenvalue weighted by Crippen LogP contribution is 2.32. The number of hydrogen-bond donors (Lipinski definition) is 1. The molecule has 1 aromatic rings. The zero-order valence-corrected chi connectivity index (χ0v) is 10.3. The molecule has 1 saturated heterocycles. The van der Waals surface area contributed by atoms with Crippen LogP contribution in [0.5, 0.6) is 0 Å². The molecule has 0 bridgehead atoms. The SMILES string of the molecule is CCc1oc(CC2CCCNC2)nc1C(F)(F)F. The van der Waals surface area contributed by atoms with Gasteiger partial charge >= 0.3 is 6.18 Å². The quantitative estimate of drug-likeness (QED) is 0.910. The molecule has 0 radical (unpaired) electrons. The molecule has 0 saturated carbocycles. The number of aromatic nitrogens is 1. The first-order valence-electron chi connectivity index (χ1n) is 6.27. The van der Waals surface area contributed by atoms with E-state index in [2.05, 4.69) is 10.3 Å². The number of halogens is 3. The average molecular weight is 262 g/mol. The molecule has 1 aliphatic heterocycles. The van der Waals surface area contributed by atoms with Crippen LogP contribution in [0.25, 0.3) is 0 Å². The molecule has 0 aliphatic carbocycles. The first kappa shape index (κ1) is 13.4. The van der Waals surface area contributed by atoms with E-state index in [9.17, 15) is 13.2 Å². The Morgan fingerprint density at radius 1 is 1.44 bits per heavy atom. The van der Waals surface area contributed by atoms with Crippen LogP contribution >= 0.6 is 0 Å². The molecule has 102 valence electrons. The summed E-state index contributed by atoms with van der Waals surface area (Å²) < 4.78 is 43.3. The smallest absolute Gasteiger partial charge is 0.436 e. The number of alkyl halides is 3. The van der Waals surface area contributed by atoms with Gasteiger partial charge in [0, 0.05) is 12.8 Å². The van der Waals surface area contributed by atoms with Gasteiger partial charge in [0.1, 0.15) is 5.76 Å². The van der Waals surface area contributed by atoms with Crippen molar-refractivity contribution >= 4 is 0 Å². The van der Waals surface area contributed by atoms with Crippen molar-refractivity contribution in [2.24, 2.45) is 5.92 Å². The van der Waals surface area contributed by atoms with Crippen LogP contribution < -0.4 is 5.32 Å². The fourth-order valence-electron chi connectivity index (χ4n) is 2.29. The number of aryl methyl sites for hydroxylation is 1. The maximum atomic E-state index is 12.7. The summed E-state index contributed by atoms with van der Waals surface area (Å²) >= 11 is 0. The zero-order valence-electron chi connectivity index (χ0n) is 10.3. The standard InChI is InChI=1S/C12H17F3N2O/c1-2-9-11(12(13,14)15)17-10(18-9)6-8-4-3-5-16-7-8/h8,16H,2-7H2,1H3. The second-order valence-electron chi connectivity index (χ2n) is 4.65. The van der Waals surface area contributed by atoms with Crippen molar-refractivity contribution in [2.45, 2.75) is 38.8 Å². The Balaban J connectivity index is 2.11. The van der Waals surface area contributed by atoms with Crippen molar-refractivity contribution in [2.75, 3.05) is 13.1 Å². The highest BCUT2D eigenvalue weighted by molar-refractivity contribution is 5.14. The van der Waals surface area contributed by atoms with Gasteiger partial charge < -0.3 is 9.73 Å². The van der Waals surface area contributed by atoms with Crippen molar-refractivity contribution in [1.29, 1.82) is 0 Å². The third-order valence-corrected chi connectivity index (χ3v) is 3.19. The number of nitrogens with zero attached hydrogens (tertiary/aromatic N) is 1. The van der Waals surface area contributed by atoms with Gasteiger partial charge in [-0.15, -0.1) is 0 Å². The van der Waals surface area contributed by atoms with Crippen LogP contribution in [0.3, 0.4) is 0 Å². The summed E-state index contributed by atoms with van der Waals surface area (Å²) in [7, 11) is 0. The number of hydrogen-bond acceptors (Lipinski definition) is 3. The first-order chi connectivity index (χ1) is 8.50. The van der Waals surface area contributed by atoms with Gasteiger partial charge in [-0.25, -0.2) is 4.98 Å². The number of piperidine rings is 1. The van der Waals surface area contributed by atoms with Crippen LogP contribution in [-0.4, -0.2) is 18.1 Å². The van der Waals surface area contributed by atoms with Crippen LogP contribution in [0, 0.1) is 5.92 Å². The van der Waals surface area contributed by atoms with Crippen molar-refractivity contribution in [3.05, 3.63) is 17.3 Å². The van der Waals surface area contributed by atoms with E-state index in [4.69, 9.17) is 4.42 Å². The lowest BCUT2D eigenvalue weighted by Crippen LogP contribution is -2.30. The van der Waals surface area contributed by atoms with Crippen molar-refractivity contribution in [3.63, 3.8) is 0 Å². The molecule has 18 heavy (non-hydrogen) atoms. The third-order valence-electron chi connectivity index (χ3n) is 3.19. The summed E-state index contributed by atoms with van der Waals surface area (Å²) in [5.41, 5.74) is -0.858. The van der Waals surface area contributed by atoms with Crippen LogP contribution in [0.1, 0.15) is 37.1 Å². The van der Waals surface area contributed by atoms with Gasteiger partial charge in [0.15, 0.2) is 11.6 Å². The Morgan fingerprint density at radius 2 is 2.22 bits per heavy atom. The van der Waals surface area contributed by atoms with Crippen LogP contribution in [0.15, 0.2) is 4.42 Å². The Hall–Kier alpha value is -1.04. The summed E-state index contributed by atoms with van der Waals surface area (Å²) in [6.45, 7) is 3.45. The van der Waals surface area contributed by atoms with E-state index in [1.807, 2.05) is 0 Å². The molecular formula is C12H17F3N2O. The fourth-order valence-corrected chi connectivity index (χ4v) is 2.29. The molecule has 1 aromatic heterocycles. The average Bonchev–Trinajstić information content (AvgIpc) is 2.73. The summed E-state index contributed by atoms with van der Waals surface area (Å²) in [5, 5.41) is 3.23. The zero-order chi connectivity index (χ0) is 13.2. The molecule has 1 fully saturated rings. The Labute approximate surface area is 104 Å². The minimum Gasteiger partial charge on any atom is -0.445 e. The van der Waals surface area contributed by atoms with Gasteiger partial charge in [0.25, 0.3) is 0 Å². The summed E-state index contributed by atoms with van der Waals surface area (Å²) in [4.78, 5) is 3.63. The predicted octanol–water partition coefficient (Wildman–Crippen LogP) is 2.80. The molecule has 0 amide bonds. The molecule has 3 nitrogen and oxygen atoms in total. The minimum absolute atomic E-state index is 0.0544. The normalized spacial score (nSPS) is 21.2. The molecular weight excluding hydrogens is 245 g/mol. The topological polar surface area (TPSA) is 38.1 Å².